The zero-order valence-electron chi connectivity index (χ0n) is 19.6. The average Bonchev–Trinajstić information content (AvgIpc) is 3.68. The van der Waals surface area contributed by atoms with Crippen LogP contribution in [0.3, 0.4) is 0 Å². The van der Waals surface area contributed by atoms with Crippen LogP contribution in [-0.2, 0) is 10.3 Å². The molecule has 3 aromatic rings. The highest BCUT2D eigenvalue weighted by atomic mass is 19.1. The second kappa shape index (κ2) is 10.4. The van der Waals surface area contributed by atoms with Gasteiger partial charge in [-0.05, 0) is 25.0 Å². The van der Waals surface area contributed by atoms with Crippen molar-refractivity contribution in [3.8, 4) is 6.07 Å². The Morgan fingerprint density at radius 2 is 2.00 bits per heavy atom. The molecule has 11 nitrogen and oxygen atoms in total. The van der Waals surface area contributed by atoms with Gasteiger partial charge in [0.15, 0.2) is 17.2 Å². The quantitative estimate of drug-likeness (QED) is 0.356. The molecule has 2 aliphatic rings. The summed E-state index contributed by atoms with van der Waals surface area (Å²) in [6.45, 7) is 2.33. The van der Waals surface area contributed by atoms with Crippen LogP contribution in [0.2, 0.25) is 0 Å². The van der Waals surface area contributed by atoms with Crippen LogP contribution in [0.5, 0.6) is 0 Å². The largest absolute Gasteiger partial charge is 0.380 e. The first-order valence-electron chi connectivity index (χ1n) is 11.7. The van der Waals surface area contributed by atoms with E-state index in [9.17, 15) is 13.6 Å². The third-order valence-corrected chi connectivity index (χ3v) is 6.10. The van der Waals surface area contributed by atoms with E-state index in [1.165, 1.54) is 30.6 Å². The maximum Gasteiger partial charge on any atom is 0.274 e. The Balaban J connectivity index is 1.39. The van der Waals surface area contributed by atoms with Gasteiger partial charge in [-0.3, -0.25) is 4.79 Å². The lowest BCUT2D eigenvalue weighted by Gasteiger charge is -2.25. The molecule has 1 aromatic carbocycles. The van der Waals surface area contributed by atoms with Crippen LogP contribution in [0, 0.1) is 23.0 Å². The second-order valence-electron chi connectivity index (χ2n) is 8.73. The first kappa shape index (κ1) is 24.4. The molecule has 1 saturated heterocycles. The van der Waals surface area contributed by atoms with Gasteiger partial charge in [0.1, 0.15) is 23.5 Å². The van der Waals surface area contributed by atoms with Gasteiger partial charge in [-0.15, -0.1) is 10.2 Å². The smallest absolute Gasteiger partial charge is 0.274 e. The molecule has 5 rings (SSSR count). The number of hydrogen-bond donors (Lipinski definition) is 4. The standard InChI is InChI=1S/C24H23F2N9O2/c25-16-2-1-3-17(26)21(16)24(4-5-24)33-23(36)22-18(30-12-15-11-28-6-7-37-15)8-19(34-35-22)32-20-13-29-14(9-27)10-31-20/h1-3,8,10,13,15,28H,4-7,11-12H2,(H,33,36)(H2,30,31,32,34). The average molecular weight is 508 g/mol. The molecule has 2 aromatic heterocycles. The fourth-order valence-electron chi connectivity index (χ4n) is 4.11. The number of carbonyl (C=O) groups is 1. The van der Waals surface area contributed by atoms with Gasteiger partial charge < -0.3 is 26.0 Å². The number of aromatic nitrogens is 4. The summed E-state index contributed by atoms with van der Waals surface area (Å²) in [4.78, 5) is 21.3. The van der Waals surface area contributed by atoms with Crippen LogP contribution >= 0.6 is 0 Å². The summed E-state index contributed by atoms with van der Waals surface area (Å²) in [7, 11) is 0. The van der Waals surface area contributed by atoms with Gasteiger partial charge in [-0.1, -0.05) is 6.07 Å². The number of nitrogens with zero attached hydrogens (tertiary/aromatic N) is 5. The molecule has 1 amide bonds. The van der Waals surface area contributed by atoms with E-state index in [1.807, 2.05) is 6.07 Å². The van der Waals surface area contributed by atoms with Crippen LogP contribution in [0.15, 0.2) is 36.7 Å². The molecule has 1 saturated carbocycles. The van der Waals surface area contributed by atoms with E-state index in [0.717, 1.165) is 6.54 Å². The molecule has 1 atom stereocenters. The summed E-state index contributed by atoms with van der Waals surface area (Å²) < 4.78 is 34.6. The minimum absolute atomic E-state index is 0.0387. The van der Waals surface area contributed by atoms with Crippen molar-refractivity contribution in [2.75, 3.05) is 36.9 Å². The molecule has 0 radical (unpaired) electrons. The lowest BCUT2D eigenvalue weighted by molar-refractivity contribution is 0.0372. The van der Waals surface area contributed by atoms with E-state index < -0.39 is 23.1 Å². The van der Waals surface area contributed by atoms with Crippen LogP contribution in [0.1, 0.15) is 34.6 Å². The number of nitriles is 1. The van der Waals surface area contributed by atoms with E-state index in [1.54, 1.807) is 6.07 Å². The second-order valence-corrected chi connectivity index (χ2v) is 8.73. The van der Waals surface area contributed by atoms with Crippen LogP contribution in [0.4, 0.5) is 26.1 Å². The molecule has 1 aliphatic carbocycles. The normalized spacial score (nSPS) is 17.9. The van der Waals surface area contributed by atoms with E-state index in [0.29, 0.717) is 44.0 Å². The number of halogens is 2. The highest BCUT2D eigenvalue weighted by molar-refractivity contribution is 5.98. The number of nitrogens with one attached hydrogen (secondary N) is 4. The number of anilines is 3. The summed E-state index contributed by atoms with van der Waals surface area (Å²) in [6, 6.07) is 7.08. The molecule has 0 spiro atoms. The number of rotatable bonds is 8. The predicted molar refractivity (Wildman–Crippen MR) is 128 cm³/mol. The molecule has 190 valence electrons. The van der Waals surface area contributed by atoms with Crippen molar-refractivity contribution in [2.45, 2.75) is 24.5 Å². The Morgan fingerprint density at radius 1 is 1.19 bits per heavy atom. The third-order valence-electron chi connectivity index (χ3n) is 6.10. The Bertz CT molecular complexity index is 1320. The molecule has 13 heteroatoms. The number of carbonyl (C=O) groups excluding carboxylic acids is 1. The number of benzene rings is 1. The SMILES string of the molecule is N#Cc1cnc(Nc2cc(NCC3CNCCO3)c(C(=O)NC3(c4c(F)cccc4F)CC3)nn2)cn1. The van der Waals surface area contributed by atoms with Crippen molar-refractivity contribution in [1.29, 1.82) is 5.26 Å². The Kier molecular flexibility index (Phi) is 6.85. The molecule has 2 fully saturated rings. The van der Waals surface area contributed by atoms with Crippen molar-refractivity contribution < 1.29 is 18.3 Å². The lowest BCUT2D eigenvalue weighted by Crippen LogP contribution is -2.42. The Labute approximate surface area is 210 Å². The van der Waals surface area contributed by atoms with E-state index in [4.69, 9.17) is 10.00 Å². The van der Waals surface area contributed by atoms with Gasteiger partial charge in [0.05, 0.1) is 36.3 Å². The van der Waals surface area contributed by atoms with Gasteiger partial charge in [0, 0.05) is 31.3 Å². The third kappa shape index (κ3) is 5.45. The maximum absolute atomic E-state index is 14.5. The van der Waals surface area contributed by atoms with Crippen molar-refractivity contribution in [1.82, 2.24) is 30.8 Å². The number of amides is 1. The topological polar surface area (TPSA) is 150 Å². The molecular formula is C24H23F2N9O2. The van der Waals surface area contributed by atoms with E-state index in [2.05, 4.69) is 41.4 Å². The van der Waals surface area contributed by atoms with Crippen molar-refractivity contribution in [3.05, 3.63) is 65.2 Å². The molecule has 1 unspecified atom stereocenters. The van der Waals surface area contributed by atoms with Crippen molar-refractivity contribution >= 4 is 23.2 Å². The Morgan fingerprint density at radius 3 is 2.65 bits per heavy atom. The number of hydrogen-bond acceptors (Lipinski definition) is 10. The van der Waals surface area contributed by atoms with Gasteiger partial charge >= 0.3 is 0 Å². The fraction of sp³-hybridized carbons (Fsp3) is 0.333. The van der Waals surface area contributed by atoms with Gasteiger partial charge in [-0.25, -0.2) is 18.7 Å². The van der Waals surface area contributed by atoms with E-state index >= 15 is 0 Å². The lowest BCUT2D eigenvalue weighted by atomic mass is 10.0. The molecule has 1 aliphatic heterocycles. The maximum atomic E-state index is 14.5. The summed E-state index contributed by atoms with van der Waals surface area (Å²) >= 11 is 0. The molecule has 0 bridgehead atoms. The Hall–Kier alpha value is -4.28. The van der Waals surface area contributed by atoms with Gasteiger partial charge in [0.25, 0.3) is 5.91 Å². The molecule has 3 heterocycles. The first-order chi connectivity index (χ1) is 18.0. The molecular weight excluding hydrogens is 484 g/mol. The summed E-state index contributed by atoms with van der Waals surface area (Å²) in [5.74, 6) is -1.47. The van der Waals surface area contributed by atoms with Crippen molar-refractivity contribution in [3.63, 3.8) is 0 Å². The van der Waals surface area contributed by atoms with Crippen LogP contribution < -0.4 is 21.3 Å². The van der Waals surface area contributed by atoms with E-state index in [-0.39, 0.29) is 28.9 Å². The minimum Gasteiger partial charge on any atom is -0.380 e. The van der Waals surface area contributed by atoms with Gasteiger partial charge in [-0.2, -0.15) is 5.26 Å². The highest BCUT2D eigenvalue weighted by Crippen LogP contribution is 2.47. The molecule has 4 N–H and O–H groups in total. The summed E-state index contributed by atoms with van der Waals surface area (Å²) in [5, 5.41) is 29.2. The van der Waals surface area contributed by atoms with Crippen LogP contribution in [-0.4, -0.2) is 58.4 Å². The fourth-order valence-corrected chi connectivity index (χ4v) is 4.11. The monoisotopic (exact) mass is 507 g/mol. The molecule has 37 heavy (non-hydrogen) atoms. The predicted octanol–water partition coefficient (Wildman–Crippen LogP) is 1.98. The highest BCUT2D eigenvalue weighted by Gasteiger charge is 2.49. The minimum atomic E-state index is -1.14. The van der Waals surface area contributed by atoms with Gasteiger partial charge in [0.2, 0.25) is 0 Å². The summed E-state index contributed by atoms with van der Waals surface area (Å²) in [6.07, 6.45) is 3.33. The zero-order chi connectivity index (χ0) is 25.8. The number of morpholine rings is 1. The zero-order valence-corrected chi connectivity index (χ0v) is 19.6. The van der Waals surface area contributed by atoms with Crippen molar-refractivity contribution in [2.24, 2.45) is 0 Å². The first-order valence-corrected chi connectivity index (χ1v) is 11.7. The number of ether oxygens (including phenoxy) is 1. The summed E-state index contributed by atoms with van der Waals surface area (Å²) in [5.41, 5.74) is -0.840. The van der Waals surface area contributed by atoms with Crippen LogP contribution in [0.25, 0.3) is 0 Å².